The molecule has 0 N–H and O–H groups in total. The molecule has 38 heavy (non-hydrogen) atoms. The summed E-state index contributed by atoms with van der Waals surface area (Å²) in [5.41, 5.74) is 3.05. The molecule has 5 rings (SSSR count). The van der Waals surface area contributed by atoms with Crippen LogP contribution in [-0.4, -0.2) is 13.2 Å². The van der Waals surface area contributed by atoms with Crippen LogP contribution in [0.15, 0.2) is 48.6 Å². The van der Waals surface area contributed by atoms with Crippen LogP contribution in [0.5, 0.6) is 11.5 Å². The quantitative estimate of drug-likeness (QED) is 0.321. The zero-order valence-corrected chi connectivity index (χ0v) is 23.1. The number of halogens is 2. The average Bonchev–Trinajstić information content (AvgIpc) is 2.95. The Morgan fingerprint density at radius 2 is 1.29 bits per heavy atom. The highest BCUT2D eigenvalue weighted by molar-refractivity contribution is 5.35. The van der Waals surface area contributed by atoms with Crippen molar-refractivity contribution in [3.05, 3.63) is 71.3 Å². The molecule has 3 saturated carbocycles. The van der Waals surface area contributed by atoms with Gasteiger partial charge in [0.2, 0.25) is 11.6 Å². The molecule has 3 aliphatic rings. The minimum absolute atomic E-state index is 0.00827. The highest BCUT2D eigenvalue weighted by Crippen LogP contribution is 2.48. The van der Waals surface area contributed by atoms with Crippen LogP contribution in [0.3, 0.4) is 0 Å². The van der Waals surface area contributed by atoms with E-state index in [1.165, 1.54) is 74.6 Å². The molecule has 3 fully saturated rings. The molecule has 0 amide bonds. The van der Waals surface area contributed by atoms with Gasteiger partial charge in [0.1, 0.15) is 0 Å². The average molecular weight is 523 g/mol. The normalized spacial score (nSPS) is 29.7. The van der Waals surface area contributed by atoms with Crippen LogP contribution in [0.25, 0.3) is 0 Å². The molecule has 0 saturated heterocycles. The van der Waals surface area contributed by atoms with Crippen LogP contribution < -0.4 is 9.47 Å². The van der Waals surface area contributed by atoms with Gasteiger partial charge in [-0.25, -0.2) is 0 Å². The number of allylic oxidation sites excluding steroid dienone is 2. The molecular weight excluding hydrogens is 478 g/mol. The molecule has 0 spiro atoms. The number of fused-ring (bicyclic) bond motifs is 1. The SMILES string of the molecule is C/C=C/C1CCC(c2ccc(C3CCC4CC(COc5ccc(OCC)c(F)c5F)CCC4C3)cc2)CC1. The Bertz CT molecular complexity index is 1070. The van der Waals surface area contributed by atoms with Crippen LogP contribution in [0.1, 0.15) is 101 Å². The first-order chi connectivity index (χ1) is 18.6. The van der Waals surface area contributed by atoms with E-state index in [1.54, 1.807) is 6.92 Å². The molecule has 4 unspecified atom stereocenters. The predicted octanol–water partition coefficient (Wildman–Crippen LogP) is 9.59. The van der Waals surface area contributed by atoms with Crippen LogP contribution in [-0.2, 0) is 0 Å². The van der Waals surface area contributed by atoms with Gasteiger partial charge < -0.3 is 9.47 Å². The fourth-order valence-electron chi connectivity index (χ4n) is 7.50. The van der Waals surface area contributed by atoms with Crippen molar-refractivity contribution in [3.63, 3.8) is 0 Å². The molecule has 0 radical (unpaired) electrons. The Morgan fingerprint density at radius 1 is 0.711 bits per heavy atom. The van der Waals surface area contributed by atoms with Gasteiger partial charge in [-0.15, -0.1) is 0 Å². The van der Waals surface area contributed by atoms with Crippen molar-refractivity contribution in [1.29, 1.82) is 0 Å². The van der Waals surface area contributed by atoms with Gasteiger partial charge in [0.05, 0.1) is 13.2 Å². The summed E-state index contributed by atoms with van der Waals surface area (Å²) in [6, 6.07) is 12.6. The standard InChI is InChI=1S/C34H44F2O2/c1-3-5-23-6-9-25(10-7-23)26-12-14-27(15-13-26)29-17-16-28-20-24(8-11-30(28)21-29)22-38-32-19-18-31(37-4-2)33(35)34(32)36/h3,5,12-15,18-19,23-25,28-30H,4,6-11,16-17,20-22H2,1-2H3/b5-3+. The van der Waals surface area contributed by atoms with Crippen molar-refractivity contribution in [3.8, 4) is 11.5 Å². The maximum Gasteiger partial charge on any atom is 0.204 e. The molecule has 0 heterocycles. The Hall–Kier alpha value is -2.36. The summed E-state index contributed by atoms with van der Waals surface area (Å²) in [5, 5.41) is 0. The highest BCUT2D eigenvalue weighted by Gasteiger charge is 2.36. The lowest BCUT2D eigenvalue weighted by molar-refractivity contribution is 0.0901. The second-order valence-electron chi connectivity index (χ2n) is 11.9. The largest absolute Gasteiger partial charge is 0.491 e. The topological polar surface area (TPSA) is 18.5 Å². The van der Waals surface area contributed by atoms with Crippen LogP contribution in [0.4, 0.5) is 8.78 Å². The van der Waals surface area contributed by atoms with Crippen LogP contribution in [0.2, 0.25) is 0 Å². The maximum absolute atomic E-state index is 14.4. The van der Waals surface area contributed by atoms with Crippen molar-refractivity contribution in [2.24, 2.45) is 23.7 Å². The first kappa shape index (κ1) is 27.2. The first-order valence-corrected chi connectivity index (χ1v) is 15.0. The lowest BCUT2D eigenvalue weighted by Gasteiger charge is -2.42. The molecule has 4 atom stereocenters. The summed E-state index contributed by atoms with van der Waals surface area (Å²) in [5.74, 6) is 2.10. The van der Waals surface area contributed by atoms with Crippen molar-refractivity contribution < 1.29 is 18.3 Å². The van der Waals surface area contributed by atoms with Crippen LogP contribution in [0, 0.1) is 35.3 Å². The van der Waals surface area contributed by atoms with E-state index in [4.69, 9.17) is 9.47 Å². The van der Waals surface area contributed by atoms with Gasteiger partial charge in [-0.1, -0.05) is 36.4 Å². The summed E-state index contributed by atoms with van der Waals surface area (Å²) >= 11 is 0. The fourth-order valence-corrected chi connectivity index (χ4v) is 7.50. The molecular formula is C34H44F2O2. The number of hydrogen-bond donors (Lipinski definition) is 0. The van der Waals surface area contributed by atoms with E-state index < -0.39 is 11.6 Å². The lowest BCUT2D eigenvalue weighted by atomic mass is 9.64. The zero-order valence-electron chi connectivity index (χ0n) is 23.1. The first-order valence-electron chi connectivity index (χ1n) is 15.0. The number of ether oxygens (including phenoxy) is 2. The lowest BCUT2D eigenvalue weighted by Crippen LogP contribution is -2.32. The van der Waals surface area contributed by atoms with Gasteiger partial charge in [-0.3, -0.25) is 0 Å². The van der Waals surface area contributed by atoms with Gasteiger partial charge in [-0.05, 0) is 137 Å². The van der Waals surface area contributed by atoms with Gasteiger partial charge in [-0.2, -0.15) is 8.78 Å². The molecule has 2 aromatic carbocycles. The van der Waals surface area contributed by atoms with Crippen LogP contribution >= 0.6 is 0 Å². The molecule has 0 aliphatic heterocycles. The zero-order chi connectivity index (χ0) is 26.5. The molecule has 3 aliphatic carbocycles. The Balaban J connectivity index is 1.10. The second-order valence-corrected chi connectivity index (χ2v) is 11.9. The Kier molecular flexibility index (Phi) is 9.07. The van der Waals surface area contributed by atoms with E-state index in [9.17, 15) is 8.78 Å². The van der Waals surface area contributed by atoms with E-state index in [1.807, 2.05) is 0 Å². The molecule has 0 bridgehead atoms. The molecule has 206 valence electrons. The summed E-state index contributed by atoms with van der Waals surface area (Å²) in [7, 11) is 0. The fraction of sp³-hybridized carbons (Fsp3) is 0.588. The summed E-state index contributed by atoms with van der Waals surface area (Å²) in [4.78, 5) is 0. The van der Waals surface area contributed by atoms with Gasteiger partial charge >= 0.3 is 0 Å². The minimum atomic E-state index is -0.962. The third-order valence-electron chi connectivity index (χ3n) is 9.62. The van der Waals surface area contributed by atoms with Crippen molar-refractivity contribution in [2.45, 2.75) is 89.9 Å². The van der Waals surface area contributed by atoms with Crippen molar-refractivity contribution in [2.75, 3.05) is 13.2 Å². The van der Waals surface area contributed by atoms with E-state index in [-0.39, 0.29) is 11.5 Å². The smallest absolute Gasteiger partial charge is 0.204 e. The predicted molar refractivity (Wildman–Crippen MR) is 150 cm³/mol. The second kappa shape index (κ2) is 12.7. The molecule has 4 heteroatoms. The van der Waals surface area contributed by atoms with E-state index in [0.717, 1.165) is 36.5 Å². The van der Waals surface area contributed by atoms with Gasteiger partial charge in [0, 0.05) is 0 Å². The van der Waals surface area contributed by atoms with Crippen molar-refractivity contribution >= 4 is 0 Å². The third-order valence-corrected chi connectivity index (χ3v) is 9.62. The summed E-state index contributed by atoms with van der Waals surface area (Å²) in [6.45, 7) is 4.63. The van der Waals surface area contributed by atoms with E-state index >= 15 is 0 Å². The number of hydrogen-bond acceptors (Lipinski definition) is 2. The summed E-state index contributed by atoms with van der Waals surface area (Å²) < 4.78 is 39.5. The molecule has 0 aromatic heterocycles. The monoisotopic (exact) mass is 522 g/mol. The Labute approximate surface area is 227 Å². The molecule has 2 nitrogen and oxygen atoms in total. The third kappa shape index (κ3) is 6.26. The number of benzene rings is 2. The van der Waals surface area contributed by atoms with E-state index in [2.05, 4.69) is 43.3 Å². The van der Waals surface area contributed by atoms with E-state index in [0.29, 0.717) is 25.0 Å². The maximum atomic E-state index is 14.4. The highest BCUT2D eigenvalue weighted by atomic mass is 19.2. The Morgan fingerprint density at radius 3 is 1.95 bits per heavy atom. The summed E-state index contributed by atoms with van der Waals surface area (Å²) in [6.07, 6.45) is 17.1. The van der Waals surface area contributed by atoms with Gasteiger partial charge in [0.25, 0.3) is 0 Å². The molecule has 2 aromatic rings. The van der Waals surface area contributed by atoms with Gasteiger partial charge in [0.15, 0.2) is 11.5 Å². The van der Waals surface area contributed by atoms with Crippen molar-refractivity contribution in [1.82, 2.24) is 0 Å². The minimum Gasteiger partial charge on any atom is -0.491 e. The number of rotatable bonds is 8.